The Kier molecular flexibility index (Phi) is 2.64. The molecule has 1 aliphatic rings. The molecule has 1 fully saturated rings. The molecule has 1 unspecified atom stereocenters. The summed E-state index contributed by atoms with van der Waals surface area (Å²) in [6.45, 7) is 2.12. The van der Waals surface area contributed by atoms with Gasteiger partial charge in [-0.2, -0.15) is 11.8 Å². The van der Waals surface area contributed by atoms with E-state index in [1.807, 2.05) is 0 Å². The number of aryl methyl sites for hydroxylation is 1. The Balaban J connectivity index is 1.90. The molecule has 1 aliphatic heterocycles. The van der Waals surface area contributed by atoms with Crippen molar-refractivity contribution in [1.29, 1.82) is 0 Å². The predicted molar refractivity (Wildman–Crippen MR) is 69.1 cm³/mol. The molecule has 16 heavy (non-hydrogen) atoms. The predicted octanol–water partition coefficient (Wildman–Crippen LogP) is 3.08. The zero-order chi connectivity index (χ0) is 11.0. The first-order valence-electron chi connectivity index (χ1n) is 5.88. The zero-order valence-corrected chi connectivity index (χ0v) is 10.3. The number of rotatable bonds is 2. The van der Waals surface area contributed by atoms with Gasteiger partial charge in [-0.25, -0.2) is 4.98 Å². The monoisotopic (exact) mass is 232 g/mol. The van der Waals surface area contributed by atoms with Gasteiger partial charge in [-0.3, -0.25) is 0 Å². The number of thioether (sulfide) groups is 1. The van der Waals surface area contributed by atoms with Gasteiger partial charge in [-0.05, 0) is 37.1 Å². The van der Waals surface area contributed by atoms with Gasteiger partial charge >= 0.3 is 0 Å². The van der Waals surface area contributed by atoms with Crippen molar-refractivity contribution in [3.05, 3.63) is 35.8 Å². The number of fused-ring (bicyclic) bond motifs is 1. The summed E-state index contributed by atoms with van der Waals surface area (Å²) in [6.07, 6.45) is 8.13. The van der Waals surface area contributed by atoms with Crippen molar-refractivity contribution in [1.82, 2.24) is 9.38 Å². The number of imidazole rings is 1. The van der Waals surface area contributed by atoms with Gasteiger partial charge in [0.25, 0.3) is 0 Å². The van der Waals surface area contributed by atoms with Gasteiger partial charge in [0.1, 0.15) is 5.65 Å². The molecular weight excluding hydrogens is 216 g/mol. The molecule has 0 N–H and O–H groups in total. The lowest BCUT2D eigenvalue weighted by atomic mass is 10.2. The van der Waals surface area contributed by atoms with E-state index in [2.05, 4.69) is 47.6 Å². The highest BCUT2D eigenvalue weighted by molar-refractivity contribution is 8.00. The zero-order valence-electron chi connectivity index (χ0n) is 9.52. The molecule has 0 aliphatic carbocycles. The number of hydrogen-bond acceptors (Lipinski definition) is 2. The van der Waals surface area contributed by atoms with Crippen LogP contribution < -0.4 is 0 Å². The summed E-state index contributed by atoms with van der Waals surface area (Å²) in [5.74, 6) is 1.33. The Bertz CT molecular complexity index is 498. The fourth-order valence-electron chi connectivity index (χ4n) is 2.34. The van der Waals surface area contributed by atoms with E-state index in [1.165, 1.54) is 29.9 Å². The van der Waals surface area contributed by atoms with Crippen LogP contribution in [0.4, 0.5) is 0 Å². The first-order valence-corrected chi connectivity index (χ1v) is 6.92. The van der Waals surface area contributed by atoms with E-state index < -0.39 is 0 Å². The molecule has 1 atom stereocenters. The van der Waals surface area contributed by atoms with Gasteiger partial charge in [0.05, 0.1) is 5.69 Å². The van der Waals surface area contributed by atoms with Crippen LogP contribution in [0.5, 0.6) is 0 Å². The Morgan fingerprint density at radius 1 is 1.56 bits per heavy atom. The van der Waals surface area contributed by atoms with E-state index in [-0.39, 0.29) is 0 Å². The highest BCUT2D eigenvalue weighted by Gasteiger charge is 2.17. The molecule has 1 saturated heterocycles. The Morgan fingerprint density at radius 2 is 2.50 bits per heavy atom. The van der Waals surface area contributed by atoms with Crippen molar-refractivity contribution in [3.63, 3.8) is 0 Å². The van der Waals surface area contributed by atoms with E-state index >= 15 is 0 Å². The molecule has 0 radical (unpaired) electrons. The molecule has 0 amide bonds. The second kappa shape index (κ2) is 4.13. The van der Waals surface area contributed by atoms with Crippen LogP contribution in [0.3, 0.4) is 0 Å². The molecule has 0 spiro atoms. The minimum atomic E-state index is 0.796. The number of pyridine rings is 1. The lowest BCUT2D eigenvalue weighted by Gasteiger charge is -2.03. The molecule has 3 rings (SSSR count). The minimum Gasteiger partial charge on any atom is -0.307 e. The molecule has 84 valence electrons. The SMILES string of the molecule is Cc1cccn2cc(CC3CCCS3)nc12. The molecule has 2 nitrogen and oxygen atoms in total. The van der Waals surface area contributed by atoms with Gasteiger partial charge in [0.15, 0.2) is 0 Å². The fraction of sp³-hybridized carbons (Fsp3) is 0.462. The maximum absolute atomic E-state index is 4.73. The molecule has 0 bridgehead atoms. The van der Waals surface area contributed by atoms with Crippen molar-refractivity contribution < 1.29 is 0 Å². The molecular formula is C13H16N2S. The smallest absolute Gasteiger partial charge is 0.139 e. The van der Waals surface area contributed by atoms with E-state index in [1.54, 1.807) is 0 Å². The Morgan fingerprint density at radius 3 is 3.25 bits per heavy atom. The van der Waals surface area contributed by atoms with Gasteiger partial charge in [0, 0.05) is 24.1 Å². The highest BCUT2D eigenvalue weighted by Crippen LogP contribution is 2.28. The van der Waals surface area contributed by atoms with E-state index in [0.717, 1.165) is 17.3 Å². The summed E-state index contributed by atoms with van der Waals surface area (Å²) in [7, 11) is 0. The minimum absolute atomic E-state index is 0.796. The third kappa shape index (κ3) is 1.84. The van der Waals surface area contributed by atoms with Crippen LogP contribution in [0.25, 0.3) is 5.65 Å². The Hall–Kier alpha value is -0.960. The van der Waals surface area contributed by atoms with E-state index in [9.17, 15) is 0 Å². The third-order valence-corrected chi connectivity index (χ3v) is 4.59. The molecule has 3 heteroatoms. The second-order valence-electron chi connectivity index (χ2n) is 4.49. The van der Waals surface area contributed by atoms with Crippen LogP contribution in [-0.4, -0.2) is 20.4 Å². The quantitative estimate of drug-likeness (QED) is 0.791. The number of hydrogen-bond donors (Lipinski definition) is 0. The lowest BCUT2D eigenvalue weighted by molar-refractivity contribution is 0.767. The van der Waals surface area contributed by atoms with E-state index in [4.69, 9.17) is 4.98 Å². The van der Waals surface area contributed by atoms with Crippen LogP contribution >= 0.6 is 11.8 Å². The molecule has 2 aromatic rings. The maximum Gasteiger partial charge on any atom is 0.139 e. The summed E-state index contributed by atoms with van der Waals surface area (Å²) < 4.78 is 2.14. The van der Waals surface area contributed by atoms with Crippen molar-refractivity contribution in [2.75, 3.05) is 5.75 Å². The normalized spacial score (nSPS) is 20.7. The average Bonchev–Trinajstić information content (AvgIpc) is 2.88. The summed E-state index contributed by atoms with van der Waals surface area (Å²) in [5.41, 5.74) is 3.61. The summed E-state index contributed by atoms with van der Waals surface area (Å²) >= 11 is 2.10. The topological polar surface area (TPSA) is 17.3 Å². The summed E-state index contributed by atoms with van der Waals surface area (Å²) in [5, 5.41) is 0.796. The number of nitrogens with zero attached hydrogens (tertiary/aromatic N) is 2. The maximum atomic E-state index is 4.73. The summed E-state index contributed by atoms with van der Waals surface area (Å²) in [4.78, 5) is 4.73. The van der Waals surface area contributed by atoms with Gasteiger partial charge in [-0.1, -0.05) is 6.07 Å². The van der Waals surface area contributed by atoms with Gasteiger partial charge in [0.2, 0.25) is 0 Å². The van der Waals surface area contributed by atoms with Crippen molar-refractivity contribution >= 4 is 17.4 Å². The van der Waals surface area contributed by atoms with Crippen LogP contribution in [0.15, 0.2) is 24.5 Å². The Labute approximate surface area is 100 Å². The first-order chi connectivity index (χ1) is 7.83. The standard InChI is InChI=1S/C13H16N2S/c1-10-4-2-6-15-9-11(14-13(10)15)8-12-5-3-7-16-12/h2,4,6,9,12H,3,5,7-8H2,1H3. The van der Waals surface area contributed by atoms with Crippen LogP contribution in [0.2, 0.25) is 0 Å². The van der Waals surface area contributed by atoms with Gasteiger partial charge < -0.3 is 4.40 Å². The molecule has 3 heterocycles. The molecule has 0 saturated carbocycles. The van der Waals surface area contributed by atoms with Crippen molar-refractivity contribution in [2.24, 2.45) is 0 Å². The average molecular weight is 232 g/mol. The van der Waals surface area contributed by atoms with Crippen LogP contribution in [-0.2, 0) is 6.42 Å². The van der Waals surface area contributed by atoms with Crippen molar-refractivity contribution in [2.45, 2.75) is 31.4 Å². The fourth-order valence-corrected chi connectivity index (χ4v) is 3.63. The first kappa shape index (κ1) is 10.2. The summed E-state index contributed by atoms with van der Waals surface area (Å²) in [6, 6.07) is 4.20. The second-order valence-corrected chi connectivity index (χ2v) is 5.90. The number of aromatic nitrogens is 2. The van der Waals surface area contributed by atoms with Crippen LogP contribution in [0.1, 0.15) is 24.1 Å². The van der Waals surface area contributed by atoms with Gasteiger partial charge in [-0.15, -0.1) is 0 Å². The van der Waals surface area contributed by atoms with E-state index in [0.29, 0.717) is 0 Å². The molecule has 2 aromatic heterocycles. The molecule has 0 aromatic carbocycles. The lowest BCUT2D eigenvalue weighted by Crippen LogP contribution is -2.01. The van der Waals surface area contributed by atoms with Crippen LogP contribution in [0, 0.1) is 6.92 Å². The largest absolute Gasteiger partial charge is 0.307 e. The van der Waals surface area contributed by atoms with Crippen molar-refractivity contribution in [3.8, 4) is 0 Å². The third-order valence-electron chi connectivity index (χ3n) is 3.19. The highest BCUT2D eigenvalue weighted by atomic mass is 32.2.